The minimum atomic E-state index is -0.601. The van der Waals surface area contributed by atoms with Gasteiger partial charge in [-0.2, -0.15) is 5.10 Å². The molecular formula is C15H12F2N4. The van der Waals surface area contributed by atoms with Crippen LogP contribution in [0.1, 0.15) is 11.4 Å². The van der Waals surface area contributed by atoms with Crippen molar-refractivity contribution >= 4 is 5.69 Å². The topological polar surface area (TPSA) is 67.6 Å². The van der Waals surface area contributed by atoms with Crippen LogP contribution in [0, 0.1) is 11.6 Å². The van der Waals surface area contributed by atoms with Crippen molar-refractivity contribution in [3.05, 3.63) is 65.5 Å². The molecular weight excluding hydrogens is 274 g/mol. The molecule has 6 heteroatoms. The Labute approximate surface area is 119 Å². The molecule has 3 N–H and O–H groups in total. The number of benzene rings is 2. The van der Waals surface area contributed by atoms with Gasteiger partial charge in [-0.1, -0.05) is 6.07 Å². The highest BCUT2D eigenvalue weighted by atomic mass is 19.1. The van der Waals surface area contributed by atoms with Gasteiger partial charge in [0.25, 0.3) is 0 Å². The number of nitrogens with zero attached hydrogens (tertiary/aromatic N) is 2. The lowest BCUT2D eigenvalue weighted by molar-refractivity contribution is 0.573. The first kappa shape index (κ1) is 13.2. The van der Waals surface area contributed by atoms with E-state index in [0.29, 0.717) is 22.9 Å². The summed E-state index contributed by atoms with van der Waals surface area (Å²) in [5, 5.41) is 6.84. The maximum Gasteiger partial charge on any atom is 0.181 e. The molecule has 4 nitrogen and oxygen atoms in total. The molecule has 0 aliphatic heterocycles. The van der Waals surface area contributed by atoms with Crippen molar-refractivity contribution in [1.82, 2.24) is 15.2 Å². The van der Waals surface area contributed by atoms with Gasteiger partial charge in [0.2, 0.25) is 0 Å². The predicted octanol–water partition coefficient (Wildman–Crippen LogP) is 2.92. The van der Waals surface area contributed by atoms with E-state index in [1.807, 2.05) is 0 Å². The van der Waals surface area contributed by atoms with Crippen LogP contribution in [0.15, 0.2) is 42.5 Å². The maximum atomic E-state index is 13.6. The molecule has 0 bridgehead atoms. The van der Waals surface area contributed by atoms with E-state index in [0.717, 1.165) is 11.6 Å². The molecule has 106 valence electrons. The van der Waals surface area contributed by atoms with Gasteiger partial charge in [-0.25, -0.2) is 13.8 Å². The van der Waals surface area contributed by atoms with E-state index in [1.165, 1.54) is 12.1 Å². The van der Waals surface area contributed by atoms with Crippen LogP contribution in [0.2, 0.25) is 0 Å². The summed E-state index contributed by atoms with van der Waals surface area (Å²) in [6.45, 7) is 0. The SMILES string of the molecule is Nc1ccc(-c2n[nH]c(Cc3ccc(F)cc3F)n2)cc1. The number of aromatic amines is 1. The van der Waals surface area contributed by atoms with Crippen LogP contribution >= 0.6 is 0 Å². The number of hydrogen-bond acceptors (Lipinski definition) is 3. The zero-order valence-corrected chi connectivity index (χ0v) is 11.0. The molecule has 0 radical (unpaired) electrons. The Morgan fingerprint density at radius 3 is 2.52 bits per heavy atom. The molecule has 0 atom stereocenters. The van der Waals surface area contributed by atoms with Gasteiger partial charge in [-0.05, 0) is 35.9 Å². The molecule has 0 fully saturated rings. The number of aromatic nitrogens is 3. The standard InChI is InChI=1S/C15H12F2N4/c16-11-4-1-10(13(17)8-11)7-14-19-15(21-20-14)9-2-5-12(18)6-3-9/h1-6,8H,7,18H2,(H,19,20,21). The van der Waals surface area contributed by atoms with E-state index in [9.17, 15) is 8.78 Å². The van der Waals surface area contributed by atoms with Gasteiger partial charge in [0.15, 0.2) is 5.82 Å². The van der Waals surface area contributed by atoms with Crippen molar-refractivity contribution in [3.63, 3.8) is 0 Å². The van der Waals surface area contributed by atoms with Crippen LogP contribution in [0.4, 0.5) is 14.5 Å². The molecule has 2 aromatic carbocycles. The quantitative estimate of drug-likeness (QED) is 0.727. The molecule has 0 amide bonds. The second-order valence-electron chi connectivity index (χ2n) is 4.64. The van der Waals surface area contributed by atoms with Crippen LogP contribution in [0.25, 0.3) is 11.4 Å². The van der Waals surface area contributed by atoms with E-state index in [-0.39, 0.29) is 6.42 Å². The third-order valence-corrected chi connectivity index (χ3v) is 3.07. The van der Waals surface area contributed by atoms with Crippen molar-refractivity contribution in [2.24, 2.45) is 0 Å². The van der Waals surface area contributed by atoms with Gasteiger partial charge in [0.05, 0.1) is 0 Å². The van der Waals surface area contributed by atoms with Gasteiger partial charge in [-0.3, -0.25) is 5.10 Å². The molecule has 0 aliphatic carbocycles. The summed E-state index contributed by atoms with van der Waals surface area (Å²) in [4.78, 5) is 4.30. The molecule has 1 aromatic heterocycles. The van der Waals surface area contributed by atoms with E-state index in [4.69, 9.17) is 5.73 Å². The maximum absolute atomic E-state index is 13.6. The average Bonchev–Trinajstić information content (AvgIpc) is 2.91. The van der Waals surface area contributed by atoms with Crippen LogP contribution in [-0.2, 0) is 6.42 Å². The first-order valence-electron chi connectivity index (χ1n) is 6.33. The fraction of sp³-hybridized carbons (Fsp3) is 0.0667. The number of nitrogens with two attached hydrogens (primary N) is 1. The smallest absolute Gasteiger partial charge is 0.181 e. The van der Waals surface area contributed by atoms with E-state index in [2.05, 4.69) is 15.2 Å². The Morgan fingerprint density at radius 1 is 1.05 bits per heavy atom. The van der Waals surface area contributed by atoms with Crippen LogP contribution in [0.3, 0.4) is 0 Å². The monoisotopic (exact) mass is 286 g/mol. The van der Waals surface area contributed by atoms with Crippen LogP contribution < -0.4 is 5.73 Å². The summed E-state index contributed by atoms with van der Waals surface area (Å²) in [6.07, 6.45) is 0.216. The Balaban J connectivity index is 1.83. The Morgan fingerprint density at radius 2 is 1.81 bits per heavy atom. The fourth-order valence-corrected chi connectivity index (χ4v) is 1.98. The summed E-state index contributed by atoms with van der Waals surface area (Å²) < 4.78 is 26.5. The van der Waals surface area contributed by atoms with Gasteiger partial charge < -0.3 is 5.73 Å². The first-order chi connectivity index (χ1) is 10.1. The second kappa shape index (κ2) is 5.32. The summed E-state index contributed by atoms with van der Waals surface area (Å²) in [6, 6.07) is 10.6. The second-order valence-corrected chi connectivity index (χ2v) is 4.64. The molecule has 0 saturated heterocycles. The molecule has 1 heterocycles. The third-order valence-electron chi connectivity index (χ3n) is 3.07. The number of nitrogens with one attached hydrogen (secondary N) is 1. The Bertz CT molecular complexity index is 766. The minimum Gasteiger partial charge on any atom is -0.399 e. The number of hydrogen-bond donors (Lipinski definition) is 2. The number of halogens is 2. The van der Waals surface area contributed by atoms with Crippen molar-refractivity contribution < 1.29 is 8.78 Å². The highest BCUT2D eigenvalue weighted by molar-refractivity contribution is 5.58. The minimum absolute atomic E-state index is 0.216. The normalized spacial score (nSPS) is 10.8. The number of H-pyrrole nitrogens is 1. The van der Waals surface area contributed by atoms with Gasteiger partial charge in [-0.15, -0.1) is 0 Å². The number of rotatable bonds is 3. The lowest BCUT2D eigenvalue weighted by atomic mass is 10.1. The molecule has 3 rings (SSSR count). The van der Waals surface area contributed by atoms with Gasteiger partial charge in [0, 0.05) is 23.7 Å². The Hall–Kier alpha value is -2.76. The third kappa shape index (κ3) is 2.89. The Kier molecular flexibility index (Phi) is 3.35. The lowest BCUT2D eigenvalue weighted by Crippen LogP contribution is -1.95. The van der Waals surface area contributed by atoms with Crippen molar-refractivity contribution in [3.8, 4) is 11.4 Å². The van der Waals surface area contributed by atoms with Crippen molar-refractivity contribution in [1.29, 1.82) is 0 Å². The largest absolute Gasteiger partial charge is 0.399 e. The van der Waals surface area contributed by atoms with E-state index in [1.54, 1.807) is 24.3 Å². The van der Waals surface area contributed by atoms with Crippen LogP contribution in [-0.4, -0.2) is 15.2 Å². The fourth-order valence-electron chi connectivity index (χ4n) is 1.98. The molecule has 0 spiro atoms. The highest BCUT2D eigenvalue weighted by Gasteiger charge is 2.09. The van der Waals surface area contributed by atoms with Crippen LogP contribution in [0.5, 0.6) is 0 Å². The van der Waals surface area contributed by atoms with E-state index >= 15 is 0 Å². The molecule has 21 heavy (non-hydrogen) atoms. The molecule has 3 aromatic rings. The highest BCUT2D eigenvalue weighted by Crippen LogP contribution is 2.18. The number of anilines is 1. The zero-order valence-electron chi connectivity index (χ0n) is 11.0. The summed E-state index contributed by atoms with van der Waals surface area (Å²) in [5.41, 5.74) is 7.44. The zero-order chi connectivity index (χ0) is 14.8. The number of nitrogen functional groups attached to an aromatic ring is 1. The summed E-state index contributed by atoms with van der Waals surface area (Å²) in [7, 11) is 0. The van der Waals surface area contributed by atoms with Crippen molar-refractivity contribution in [2.45, 2.75) is 6.42 Å². The average molecular weight is 286 g/mol. The molecule has 0 saturated carbocycles. The molecule has 0 unspecified atom stereocenters. The predicted molar refractivity (Wildman–Crippen MR) is 75.4 cm³/mol. The van der Waals surface area contributed by atoms with Gasteiger partial charge >= 0.3 is 0 Å². The van der Waals surface area contributed by atoms with Gasteiger partial charge in [0.1, 0.15) is 17.5 Å². The summed E-state index contributed by atoms with van der Waals surface area (Å²) >= 11 is 0. The first-order valence-corrected chi connectivity index (χ1v) is 6.33. The molecule has 0 aliphatic rings. The lowest BCUT2D eigenvalue weighted by Gasteiger charge is -2.00. The van der Waals surface area contributed by atoms with E-state index < -0.39 is 11.6 Å². The summed E-state index contributed by atoms with van der Waals surface area (Å²) in [5.74, 6) is -0.184. The van der Waals surface area contributed by atoms with Crippen molar-refractivity contribution in [2.75, 3.05) is 5.73 Å².